The molecule has 0 fully saturated rings. The number of nitrogens with one attached hydrogen (secondary N) is 1. The summed E-state index contributed by atoms with van der Waals surface area (Å²) in [6.07, 6.45) is 3.33. The number of methoxy groups -OCH3 is 1. The fourth-order valence-corrected chi connectivity index (χ4v) is 2.63. The predicted octanol–water partition coefficient (Wildman–Crippen LogP) is 5.23. The molecule has 23 heavy (non-hydrogen) atoms. The van der Waals surface area contributed by atoms with Crippen LogP contribution < -0.4 is 10.1 Å². The lowest BCUT2D eigenvalue weighted by Crippen LogP contribution is -2.07. The molecule has 0 saturated carbocycles. The zero-order chi connectivity index (χ0) is 16.8. The van der Waals surface area contributed by atoms with Crippen molar-refractivity contribution in [1.29, 1.82) is 0 Å². The summed E-state index contributed by atoms with van der Waals surface area (Å²) in [6.45, 7) is 4.32. The van der Waals surface area contributed by atoms with Gasteiger partial charge in [0.2, 0.25) is 5.91 Å². The fourth-order valence-electron chi connectivity index (χ4n) is 2.09. The molecule has 0 bridgehead atoms. The Kier molecular flexibility index (Phi) is 5.99. The molecule has 0 unspecified atom stereocenters. The number of ether oxygens (including phenoxy) is 1. The number of benzene rings is 2. The Bertz CT molecular complexity index is 706. The molecule has 3 nitrogen and oxygen atoms in total. The van der Waals surface area contributed by atoms with Crippen LogP contribution in [0.1, 0.15) is 30.9 Å². The first-order valence-electron chi connectivity index (χ1n) is 7.42. The van der Waals surface area contributed by atoms with E-state index in [1.54, 1.807) is 25.3 Å². The van der Waals surface area contributed by atoms with Crippen molar-refractivity contribution in [3.63, 3.8) is 0 Å². The van der Waals surface area contributed by atoms with Crippen molar-refractivity contribution in [1.82, 2.24) is 0 Å². The molecule has 0 aliphatic heterocycles. The first-order chi connectivity index (χ1) is 11.0. The summed E-state index contributed by atoms with van der Waals surface area (Å²) in [5, 5.41) is 2.82. The Labute approximate surface area is 145 Å². The third-order valence-corrected chi connectivity index (χ3v) is 4.07. The van der Waals surface area contributed by atoms with Crippen LogP contribution in [0.5, 0.6) is 5.75 Å². The molecule has 2 aromatic carbocycles. The molecular formula is C19H20BrNO2. The number of carbonyl (C=O) groups excluding carboxylic acids is 1. The maximum Gasteiger partial charge on any atom is 0.248 e. The molecule has 0 heterocycles. The van der Waals surface area contributed by atoms with Gasteiger partial charge in [-0.25, -0.2) is 0 Å². The van der Waals surface area contributed by atoms with Crippen molar-refractivity contribution in [2.45, 2.75) is 19.8 Å². The highest BCUT2D eigenvalue weighted by molar-refractivity contribution is 9.10. The van der Waals surface area contributed by atoms with E-state index in [4.69, 9.17) is 4.74 Å². The van der Waals surface area contributed by atoms with Gasteiger partial charge in [-0.05, 0) is 57.2 Å². The average molecular weight is 374 g/mol. The second kappa shape index (κ2) is 7.97. The minimum absolute atomic E-state index is 0.171. The standard InChI is InChI=1S/C19H20BrNO2/c1-13(2)15-7-4-14(5-8-15)6-11-19(22)21-16-9-10-18(23-3)17(20)12-16/h4-13H,1-3H3,(H,21,22)/b11-6+. The molecule has 1 amide bonds. The van der Waals surface area contributed by atoms with Gasteiger partial charge in [-0.3, -0.25) is 4.79 Å². The summed E-state index contributed by atoms with van der Waals surface area (Å²) in [5.41, 5.74) is 3.00. The molecule has 0 radical (unpaired) electrons. The Morgan fingerprint density at radius 1 is 1.17 bits per heavy atom. The molecule has 0 atom stereocenters. The van der Waals surface area contributed by atoms with Gasteiger partial charge >= 0.3 is 0 Å². The number of hydrogen-bond acceptors (Lipinski definition) is 2. The molecule has 0 aliphatic rings. The fraction of sp³-hybridized carbons (Fsp3) is 0.211. The first-order valence-corrected chi connectivity index (χ1v) is 8.21. The molecule has 0 saturated heterocycles. The van der Waals surface area contributed by atoms with Crippen molar-refractivity contribution in [3.05, 3.63) is 64.1 Å². The SMILES string of the molecule is COc1ccc(NC(=O)/C=C/c2ccc(C(C)C)cc2)cc1Br. The van der Waals surface area contributed by atoms with E-state index < -0.39 is 0 Å². The van der Waals surface area contributed by atoms with Crippen LogP contribution in [-0.2, 0) is 4.79 Å². The molecule has 0 aromatic heterocycles. The Morgan fingerprint density at radius 3 is 2.43 bits per heavy atom. The Morgan fingerprint density at radius 2 is 1.87 bits per heavy atom. The van der Waals surface area contributed by atoms with Gasteiger partial charge in [-0.1, -0.05) is 38.1 Å². The van der Waals surface area contributed by atoms with E-state index in [2.05, 4.69) is 47.2 Å². The number of carbonyl (C=O) groups is 1. The van der Waals surface area contributed by atoms with Gasteiger partial charge in [-0.15, -0.1) is 0 Å². The van der Waals surface area contributed by atoms with Crippen LogP contribution >= 0.6 is 15.9 Å². The van der Waals surface area contributed by atoms with Crippen molar-refractivity contribution < 1.29 is 9.53 Å². The lowest BCUT2D eigenvalue weighted by molar-refractivity contribution is -0.111. The van der Waals surface area contributed by atoms with Crippen molar-refractivity contribution in [2.75, 3.05) is 12.4 Å². The molecule has 2 aromatic rings. The molecule has 2 rings (SSSR count). The Balaban J connectivity index is 2.00. The number of halogens is 1. The van der Waals surface area contributed by atoms with Gasteiger partial charge in [0.05, 0.1) is 11.6 Å². The van der Waals surface area contributed by atoms with E-state index in [1.165, 1.54) is 11.6 Å². The number of amides is 1. The highest BCUT2D eigenvalue weighted by atomic mass is 79.9. The first kappa shape index (κ1) is 17.3. The maximum absolute atomic E-state index is 12.0. The number of anilines is 1. The summed E-state index contributed by atoms with van der Waals surface area (Å²) in [4.78, 5) is 12.0. The van der Waals surface area contributed by atoms with E-state index in [0.717, 1.165) is 15.8 Å². The highest BCUT2D eigenvalue weighted by Gasteiger charge is 2.03. The summed E-state index contributed by atoms with van der Waals surface area (Å²) in [6, 6.07) is 13.6. The van der Waals surface area contributed by atoms with Gasteiger partial charge in [0.15, 0.2) is 0 Å². The second-order valence-electron chi connectivity index (χ2n) is 5.49. The van der Waals surface area contributed by atoms with Crippen molar-refractivity contribution >= 4 is 33.6 Å². The van der Waals surface area contributed by atoms with Crippen molar-refractivity contribution in [2.24, 2.45) is 0 Å². The molecule has 0 spiro atoms. The molecular weight excluding hydrogens is 354 g/mol. The van der Waals surface area contributed by atoms with Gasteiger partial charge in [0.25, 0.3) is 0 Å². The van der Waals surface area contributed by atoms with Crippen molar-refractivity contribution in [3.8, 4) is 5.75 Å². The van der Waals surface area contributed by atoms with Crippen LogP contribution in [0.4, 0.5) is 5.69 Å². The third-order valence-electron chi connectivity index (χ3n) is 3.45. The van der Waals surface area contributed by atoms with E-state index >= 15 is 0 Å². The van der Waals surface area contributed by atoms with E-state index in [0.29, 0.717) is 11.6 Å². The van der Waals surface area contributed by atoms with Gasteiger partial charge in [0.1, 0.15) is 5.75 Å². The second-order valence-corrected chi connectivity index (χ2v) is 6.35. The highest BCUT2D eigenvalue weighted by Crippen LogP contribution is 2.27. The Hall–Kier alpha value is -2.07. The van der Waals surface area contributed by atoms with Crippen LogP contribution in [0.2, 0.25) is 0 Å². The molecule has 120 valence electrons. The van der Waals surface area contributed by atoms with Crippen LogP contribution in [-0.4, -0.2) is 13.0 Å². The maximum atomic E-state index is 12.0. The predicted molar refractivity (Wildman–Crippen MR) is 98.9 cm³/mol. The zero-order valence-electron chi connectivity index (χ0n) is 13.5. The lowest BCUT2D eigenvalue weighted by atomic mass is 10.0. The quantitative estimate of drug-likeness (QED) is 0.728. The zero-order valence-corrected chi connectivity index (χ0v) is 15.1. The number of rotatable bonds is 5. The summed E-state index contributed by atoms with van der Waals surface area (Å²) in [7, 11) is 1.60. The van der Waals surface area contributed by atoms with Crippen LogP contribution in [0.25, 0.3) is 6.08 Å². The minimum Gasteiger partial charge on any atom is -0.496 e. The normalized spacial score (nSPS) is 11.0. The summed E-state index contributed by atoms with van der Waals surface area (Å²) >= 11 is 3.40. The summed E-state index contributed by atoms with van der Waals surface area (Å²) in [5.74, 6) is 1.06. The van der Waals surface area contributed by atoms with Gasteiger partial charge in [-0.2, -0.15) is 0 Å². The summed E-state index contributed by atoms with van der Waals surface area (Å²) < 4.78 is 5.96. The smallest absolute Gasteiger partial charge is 0.248 e. The molecule has 4 heteroatoms. The van der Waals surface area contributed by atoms with Gasteiger partial charge in [0, 0.05) is 11.8 Å². The topological polar surface area (TPSA) is 38.3 Å². The lowest BCUT2D eigenvalue weighted by Gasteiger charge is -2.07. The van der Waals surface area contributed by atoms with Crippen LogP contribution in [0.15, 0.2) is 53.0 Å². The monoisotopic (exact) mass is 373 g/mol. The molecule has 0 aliphatic carbocycles. The average Bonchev–Trinajstić information content (AvgIpc) is 2.53. The van der Waals surface area contributed by atoms with E-state index in [9.17, 15) is 4.79 Å². The van der Waals surface area contributed by atoms with Crippen LogP contribution in [0, 0.1) is 0 Å². The number of hydrogen-bond donors (Lipinski definition) is 1. The largest absolute Gasteiger partial charge is 0.496 e. The van der Waals surface area contributed by atoms with Crippen LogP contribution in [0.3, 0.4) is 0 Å². The molecule has 1 N–H and O–H groups in total. The van der Waals surface area contributed by atoms with Gasteiger partial charge < -0.3 is 10.1 Å². The third kappa shape index (κ3) is 4.96. The van der Waals surface area contributed by atoms with E-state index in [1.807, 2.05) is 18.2 Å². The minimum atomic E-state index is -0.171. The van der Waals surface area contributed by atoms with E-state index in [-0.39, 0.29) is 5.91 Å².